The lowest BCUT2D eigenvalue weighted by atomic mass is 10.2. The molecule has 3 aromatic heterocycles. The van der Waals surface area contributed by atoms with Crippen LogP contribution in [0.2, 0.25) is 0 Å². The molecule has 0 unspecified atom stereocenters. The SMILES string of the molecule is Cc1cc2c(nc1C)oc1c(N(C)CCO)ncnc12. The maximum absolute atomic E-state index is 9.05. The topological polar surface area (TPSA) is 75.3 Å². The second-order valence-electron chi connectivity index (χ2n) is 4.87. The van der Waals surface area contributed by atoms with E-state index in [9.17, 15) is 0 Å². The highest BCUT2D eigenvalue weighted by atomic mass is 16.3. The first kappa shape index (κ1) is 12.8. The molecule has 3 aromatic rings. The maximum atomic E-state index is 9.05. The van der Waals surface area contributed by atoms with Gasteiger partial charge in [-0.1, -0.05) is 0 Å². The zero-order valence-corrected chi connectivity index (χ0v) is 11.7. The fourth-order valence-electron chi connectivity index (χ4n) is 2.21. The molecule has 1 N–H and O–H groups in total. The van der Waals surface area contributed by atoms with E-state index in [1.807, 2.05) is 31.9 Å². The number of likely N-dealkylation sites (N-methyl/N-ethyl adjacent to an activating group) is 1. The summed E-state index contributed by atoms with van der Waals surface area (Å²) in [6, 6.07) is 2.03. The summed E-state index contributed by atoms with van der Waals surface area (Å²) >= 11 is 0. The zero-order valence-electron chi connectivity index (χ0n) is 11.7. The zero-order chi connectivity index (χ0) is 14.3. The molecular formula is C14H16N4O2. The second-order valence-corrected chi connectivity index (χ2v) is 4.87. The molecule has 6 nitrogen and oxygen atoms in total. The Morgan fingerprint density at radius 3 is 2.85 bits per heavy atom. The van der Waals surface area contributed by atoms with Crippen LogP contribution in [0.3, 0.4) is 0 Å². The standard InChI is InChI=1S/C14H16N4O2/c1-8-6-10-11-12(20-14(10)17-9(8)2)13(16-7-15-11)18(3)4-5-19/h6-7,19H,4-5H2,1-3H3. The van der Waals surface area contributed by atoms with Gasteiger partial charge in [0.15, 0.2) is 11.4 Å². The number of aryl methyl sites for hydroxylation is 2. The molecule has 0 saturated carbocycles. The van der Waals surface area contributed by atoms with Gasteiger partial charge >= 0.3 is 0 Å². The third-order valence-corrected chi connectivity index (χ3v) is 3.47. The molecule has 0 aliphatic carbocycles. The van der Waals surface area contributed by atoms with Crippen LogP contribution in [0.5, 0.6) is 0 Å². The van der Waals surface area contributed by atoms with Crippen LogP contribution in [-0.2, 0) is 0 Å². The van der Waals surface area contributed by atoms with E-state index in [0.29, 0.717) is 23.7 Å². The van der Waals surface area contributed by atoms with E-state index in [0.717, 1.165) is 22.2 Å². The minimum Gasteiger partial charge on any atom is -0.432 e. The summed E-state index contributed by atoms with van der Waals surface area (Å²) in [7, 11) is 1.86. The number of furan rings is 1. The lowest BCUT2D eigenvalue weighted by Gasteiger charge is -2.15. The summed E-state index contributed by atoms with van der Waals surface area (Å²) in [6.45, 7) is 4.50. The maximum Gasteiger partial charge on any atom is 0.229 e. The van der Waals surface area contributed by atoms with Gasteiger partial charge in [-0.15, -0.1) is 0 Å². The first-order valence-electron chi connectivity index (χ1n) is 6.45. The molecule has 3 heterocycles. The van der Waals surface area contributed by atoms with Crippen molar-refractivity contribution in [2.45, 2.75) is 13.8 Å². The largest absolute Gasteiger partial charge is 0.432 e. The fraction of sp³-hybridized carbons (Fsp3) is 0.357. The van der Waals surface area contributed by atoms with E-state index in [2.05, 4.69) is 15.0 Å². The van der Waals surface area contributed by atoms with Gasteiger partial charge in [-0.3, -0.25) is 0 Å². The van der Waals surface area contributed by atoms with Gasteiger partial charge in [0, 0.05) is 19.3 Å². The lowest BCUT2D eigenvalue weighted by molar-refractivity contribution is 0.304. The molecule has 6 heteroatoms. The highest BCUT2D eigenvalue weighted by Crippen LogP contribution is 2.31. The van der Waals surface area contributed by atoms with E-state index >= 15 is 0 Å². The predicted octanol–water partition coefficient (Wildman–Crippen LogP) is 1.82. The van der Waals surface area contributed by atoms with Crippen molar-refractivity contribution in [1.82, 2.24) is 15.0 Å². The van der Waals surface area contributed by atoms with Gasteiger partial charge < -0.3 is 14.4 Å². The molecule has 0 saturated heterocycles. The highest BCUT2D eigenvalue weighted by Gasteiger charge is 2.17. The Balaban J connectivity index is 2.30. The molecule has 0 spiro atoms. The Hall–Kier alpha value is -2.21. The summed E-state index contributed by atoms with van der Waals surface area (Å²) in [5, 5.41) is 9.95. The monoisotopic (exact) mass is 272 g/mol. The number of aliphatic hydroxyl groups is 1. The van der Waals surface area contributed by atoms with Crippen LogP contribution in [0.25, 0.3) is 22.2 Å². The van der Waals surface area contributed by atoms with Crippen LogP contribution in [0.15, 0.2) is 16.8 Å². The molecule has 0 fully saturated rings. The summed E-state index contributed by atoms with van der Waals surface area (Å²) < 4.78 is 5.83. The van der Waals surface area contributed by atoms with Gasteiger partial charge in [0.1, 0.15) is 11.8 Å². The van der Waals surface area contributed by atoms with Crippen molar-refractivity contribution in [3.63, 3.8) is 0 Å². The van der Waals surface area contributed by atoms with Gasteiger partial charge in [-0.25, -0.2) is 15.0 Å². The van der Waals surface area contributed by atoms with E-state index in [-0.39, 0.29) is 6.61 Å². The van der Waals surface area contributed by atoms with Crippen LogP contribution < -0.4 is 4.90 Å². The Labute approximate surface area is 116 Å². The molecule has 0 aliphatic rings. The van der Waals surface area contributed by atoms with E-state index in [1.54, 1.807) is 0 Å². The van der Waals surface area contributed by atoms with Crippen molar-refractivity contribution >= 4 is 28.0 Å². The number of hydrogen-bond donors (Lipinski definition) is 1. The van der Waals surface area contributed by atoms with Gasteiger partial charge in [-0.2, -0.15) is 0 Å². The number of pyridine rings is 1. The van der Waals surface area contributed by atoms with Gasteiger partial charge in [0.25, 0.3) is 0 Å². The van der Waals surface area contributed by atoms with Crippen LogP contribution in [-0.4, -0.2) is 40.3 Å². The quantitative estimate of drug-likeness (QED) is 0.783. The Morgan fingerprint density at radius 1 is 1.30 bits per heavy atom. The number of aliphatic hydroxyl groups excluding tert-OH is 1. The molecule has 104 valence electrons. The second kappa shape index (κ2) is 4.72. The molecule has 0 bridgehead atoms. The van der Waals surface area contributed by atoms with Gasteiger partial charge in [0.05, 0.1) is 12.0 Å². The minimum atomic E-state index is 0.0543. The third-order valence-electron chi connectivity index (χ3n) is 3.47. The smallest absolute Gasteiger partial charge is 0.229 e. The van der Waals surface area contributed by atoms with Crippen molar-refractivity contribution in [3.05, 3.63) is 23.7 Å². The van der Waals surface area contributed by atoms with Crippen molar-refractivity contribution in [3.8, 4) is 0 Å². The number of fused-ring (bicyclic) bond motifs is 3. The van der Waals surface area contributed by atoms with Crippen LogP contribution in [0, 0.1) is 13.8 Å². The van der Waals surface area contributed by atoms with Gasteiger partial charge in [-0.05, 0) is 25.5 Å². The summed E-state index contributed by atoms with van der Waals surface area (Å²) in [4.78, 5) is 14.9. The summed E-state index contributed by atoms with van der Waals surface area (Å²) in [5.74, 6) is 0.664. The van der Waals surface area contributed by atoms with Gasteiger partial charge in [0.2, 0.25) is 5.71 Å². The molecule has 0 aliphatic heterocycles. The number of nitrogens with zero attached hydrogens (tertiary/aromatic N) is 4. The Morgan fingerprint density at radius 2 is 2.10 bits per heavy atom. The fourth-order valence-corrected chi connectivity index (χ4v) is 2.21. The van der Waals surface area contributed by atoms with Crippen LogP contribution >= 0.6 is 0 Å². The van der Waals surface area contributed by atoms with E-state index in [1.165, 1.54) is 6.33 Å². The molecule has 3 rings (SSSR count). The van der Waals surface area contributed by atoms with Crippen LogP contribution in [0.4, 0.5) is 5.82 Å². The molecule has 20 heavy (non-hydrogen) atoms. The predicted molar refractivity (Wildman–Crippen MR) is 76.9 cm³/mol. The molecule has 0 atom stereocenters. The highest BCUT2D eigenvalue weighted by molar-refractivity contribution is 6.04. The minimum absolute atomic E-state index is 0.0543. The average Bonchev–Trinajstić information content (AvgIpc) is 2.77. The van der Waals surface area contributed by atoms with Crippen molar-refractivity contribution < 1.29 is 9.52 Å². The van der Waals surface area contributed by atoms with E-state index in [4.69, 9.17) is 9.52 Å². The molecular weight excluding hydrogens is 256 g/mol. The molecule has 0 aromatic carbocycles. The number of hydrogen-bond acceptors (Lipinski definition) is 6. The van der Waals surface area contributed by atoms with Crippen LogP contribution in [0.1, 0.15) is 11.3 Å². The Kier molecular flexibility index (Phi) is 3.02. The van der Waals surface area contributed by atoms with Crippen molar-refractivity contribution in [2.24, 2.45) is 0 Å². The normalized spacial score (nSPS) is 11.4. The number of aromatic nitrogens is 3. The lowest BCUT2D eigenvalue weighted by Crippen LogP contribution is -2.22. The Bertz CT molecular complexity index is 782. The first-order chi connectivity index (χ1) is 9.61. The van der Waals surface area contributed by atoms with E-state index < -0.39 is 0 Å². The van der Waals surface area contributed by atoms with Crippen molar-refractivity contribution in [1.29, 1.82) is 0 Å². The first-order valence-corrected chi connectivity index (χ1v) is 6.45. The molecule has 0 amide bonds. The summed E-state index contributed by atoms with van der Waals surface area (Å²) in [6.07, 6.45) is 1.51. The molecule has 0 radical (unpaired) electrons. The summed E-state index contributed by atoms with van der Waals surface area (Å²) in [5.41, 5.74) is 3.97. The number of anilines is 1. The number of rotatable bonds is 3. The third kappa shape index (κ3) is 1.89. The average molecular weight is 272 g/mol. The van der Waals surface area contributed by atoms with Crippen molar-refractivity contribution in [2.75, 3.05) is 25.1 Å².